The Kier molecular flexibility index (Phi) is 12.3. The number of nitrogens with one attached hydrogen (secondary N) is 1. The van der Waals surface area contributed by atoms with Crippen molar-refractivity contribution in [1.82, 2.24) is 10.4 Å². The molecule has 0 saturated carbocycles. The molecule has 0 fully saturated rings. The Hall–Kier alpha value is -1.65. The number of hydrogen-bond donors (Lipinski definition) is 2. The topological polar surface area (TPSA) is 53.6 Å². The van der Waals surface area contributed by atoms with E-state index >= 15 is 0 Å². The minimum atomic E-state index is 0.306. The van der Waals surface area contributed by atoms with Gasteiger partial charge < -0.3 is 11.2 Å². The Morgan fingerprint density at radius 2 is 1.90 bits per heavy atom. The van der Waals surface area contributed by atoms with Crippen molar-refractivity contribution in [3.05, 3.63) is 48.2 Å². The maximum atomic E-state index is 5.33. The van der Waals surface area contributed by atoms with Crippen LogP contribution in [0.1, 0.15) is 33.6 Å². The summed E-state index contributed by atoms with van der Waals surface area (Å²) in [6.07, 6.45) is 13.7. The fourth-order valence-corrected chi connectivity index (χ4v) is 1.84. The van der Waals surface area contributed by atoms with E-state index in [1.807, 2.05) is 37.4 Å². The van der Waals surface area contributed by atoms with E-state index in [-0.39, 0.29) is 0 Å². The van der Waals surface area contributed by atoms with Gasteiger partial charge in [-0.2, -0.15) is 0 Å². The first-order valence-corrected chi connectivity index (χ1v) is 7.60. The Labute approximate surface area is 129 Å². The van der Waals surface area contributed by atoms with Gasteiger partial charge in [0.05, 0.1) is 6.67 Å². The number of nitrogens with zero attached hydrogens (tertiary/aromatic N) is 2. The first kappa shape index (κ1) is 19.4. The van der Waals surface area contributed by atoms with E-state index in [1.54, 1.807) is 6.21 Å². The van der Waals surface area contributed by atoms with Crippen LogP contribution in [0.2, 0.25) is 0 Å². The van der Waals surface area contributed by atoms with E-state index in [9.17, 15) is 0 Å². The van der Waals surface area contributed by atoms with E-state index in [4.69, 9.17) is 5.73 Å². The fourth-order valence-electron chi connectivity index (χ4n) is 1.84. The van der Waals surface area contributed by atoms with E-state index in [0.717, 1.165) is 37.1 Å². The van der Waals surface area contributed by atoms with Crippen LogP contribution in [0, 0.1) is 0 Å². The molecule has 0 heterocycles. The molecule has 0 aromatic carbocycles. The molecule has 21 heavy (non-hydrogen) atoms. The first-order chi connectivity index (χ1) is 10.2. The number of rotatable bonds is 11. The van der Waals surface area contributed by atoms with Gasteiger partial charge in [0.2, 0.25) is 0 Å². The van der Waals surface area contributed by atoms with Gasteiger partial charge in [0.25, 0.3) is 0 Å². The monoisotopic (exact) mass is 290 g/mol. The number of aliphatic imine (C=N–C) groups is 1. The Bertz CT molecular complexity index is 386. The quantitative estimate of drug-likeness (QED) is 0.349. The van der Waals surface area contributed by atoms with E-state index < -0.39 is 0 Å². The summed E-state index contributed by atoms with van der Waals surface area (Å²) < 4.78 is 0. The molecule has 0 spiro atoms. The van der Waals surface area contributed by atoms with Gasteiger partial charge in [-0.15, -0.1) is 0 Å². The van der Waals surface area contributed by atoms with Crippen molar-refractivity contribution in [2.75, 3.05) is 19.8 Å². The first-order valence-electron chi connectivity index (χ1n) is 7.60. The second-order valence-corrected chi connectivity index (χ2v) is 4.54. The molecule has 0 amide bonds. The zero-order chi connectivity index (χ0) is 15.9. The lowest BCUT2D eigenvalue weighted by molar-refractivity contribution is 0.222. The van der Waals surface area contributed by atoms with Crippen LogP contribution in [0.3, 0.4) is 0 Å². The molecule has 0 atom stereocenters. The lowest BCUT2D eigenvalue weighted by Crippen LogP contribution is -2.35. The van der Waals surface area contributed by atoms with E-state index in [1.165, 1.54) is 0 Å². The summed E-state index contributed by atoms with van der Waals surface area (Å²) in [5.74, 6) is 0. The van der Waals surface area contributed by atoms with Crippen molar-refractivity contribution < 1.29 is 0 Å². The Morgan fingerprint density at radius 3 is 2.38 bits per heavy atom. The molecule has 0 aromatic heterocycles. The van der Waals surface area contributed by atoms with Gasteiger partial charge in [0, 0.05) is 25.5 Å². The molecule has 0 bridgehead atoms. The summed E-state index contributed by atoms with van der Waals surface area (Å²) in [5.41, 5.74) is 10.8. The summed E-state index contributed by atoms with van der Waals surface area (Å²) in [7, 11) is 0. The second kappa shape index (κ2) is 13.3. The fraction of sp³-hybridized carbons (Fsp3) is 0.471. The number of nitrogens with two attached hydrogens (primary N) is 1. The molecule has 4 nitrogen and oxygen atoms in total. The molecule has 118 valence electrons. The Morgan fingerprint density at radius 1 is 1.24 bits per heavy atom. The third-order valence-electron chi connectivity index (χ3n) is 2.83. The van der Waals surface area contributed by atoms with Gasteiger partial charge in [-0.05, 0) is 37.0 Å². The lowest BCUT2D eigenvalue weighted by Gasteiger charge is -2.21. The van der Waals surface area contributed by atoms with Gasteiger partial charge in [-0.25, -0.2) is 5.01 Å². The van der Waals surface area contributed by atoms with Crippen LogP contribution in [-0.2, 0) is 0 Å². The molecule has 4 heteroatoms. The molecular weight excluding hydrogens is 260 g/mol. The van der Waals surface area contributed by atoms with Crippen LogP contribution < -0.4 is 11.2 Å². The van der Waals surface area contributed by atoms with Crippen LogP contribution in [0.15, 0.2) is 53.2 Å². The number of allylic oxidation sites excluding steroid dienone is 6. The second-order valence-electron chi connectivity index (χ2n) is 4.54. The van der Waals surface area contributed by atoms with Crippen LogP contribution in [0.5, 0.6) is 0 Å². The van der Waals surface area contributed by atoms with Gasteiger partial charge in [0.15, 0.2) is 0 Å². The number of hydrogen-bond acceptors (Lipinski definition) is 4. The third kappa shape index (κ3) is 9.00. The largest absolute Gasteiger partial charge is 0.326 e. The summed E-state index contributed by atoms with van der Waals surface area (Å²) in [5, 5.41) is 2.22. The normalized spacial score (nSPS) is 13.6. The van der Waals surface area contributed by atoms with Crippen LogP contribution in [0.4, 0.5) is 0 Å². The molecule has 0 saturated heterocycles. The predicted molar refractivity (Wildman–Crippen MR) is 94.0 cm³/mol. The highest BCUT2D eigenvalue weighted by molar-refractivity contribution is 5.72. The SMILES string of the molecule is C=CC(=C\C)/C(/C=C/C=N\CN)=C/NN(CCC)CCC. The van der Waals surface area contributed by atoms with Crippen molar-refractivity contribution in [1.29, 1.82) is 0 Å². The standard InChI is InChI=1S/C17H30N4/c1-5-12-21(13-6-2)20-14-17(16(7-3)8-4)10-9-11-19-15-18/h7-11,14,20H,3,5-6,12-13,15,18H2,1-2,4H3/b10-9+,16-8+,17-14+,19-11-. The highest BCUT2D eigenvalue weighted by Gasteiger charge is 2.01. The molecule has 0 rings (SSSR count). The van der Waals surface area contributed by atoms with Crippen molar-refractivity contribution in [2.24, 2.45) is 10.7 Å². The molecule has 3 N–H and O–H groups in total. The highest BCUT2D eigenvalue weighted by atomic mass is 15.5. The average Bonchev–Trinajstić information content (AvgIpc) is 2.49. The lowest BCUT2D eigenvalue weighted by atomic mass is 10.1. The Balaban J connectivity index is 5.00. The van der Waals surface area contributed by atoms with Crippen molar-refractivity contribution in [3.8, 4) is 0 Å². The molecular formula is C17H30N4. The van der Waals surface area contributed by atoms with Gasteiger partial charge in [0.1, 0.15) is 0 Å². The van der Waals surface area contributed by atoms with E-state index in [0.29, 0.717) is 6.67 Å². The summed E-state index contributed by atoms with van der Waals surface area (Å²) in [4.78, 5) is 3.97. The minimum absolute atomic E-state index is 0.306. The zero-order valence-corrected chi connectivity index (χ0v) is 13.7. The van der Waals surface area contributed by atoms with Crippen molar-refractivity contribution in [3.63, 3.8) is 0 Å². The molecule has 0 aliphatic rings. The summed E-state index contributed by atoms with van der Waals surface area (Å²) in [6.45, 7) is 12.6. The zero-order valence-electron chi connectivity index (χ0n) is 13.7. The van der Waals surface area contributed by atoms with E-state index in [2.05, 4.69) is 35.9 Å². The number of hydrazine groups is 1. The predicted octanol–water partition coefficient (Wildman–Crippen LogP) is 3.17. The van der Waals surface area contributed by atoms with Crippen LogP contribution in [0.25, 0.3) is 0 Å². The molecule has 0 unspecified atom stereocenters. The molecule has 0 aliphatic heterocycles. The van der Waals surface area contributed by atoms with Crippen molar-refractivity contribution in [2.45, 2.75) is 33.6 Å². The smallest absolute Gasteiger partial charge is 0.0859 e. The van der Waals surface area contributed by atoms with Gasteiger partial charge in [-0.3, -0.25) is 4.99 Å². The maximum absolute atomic E-state index is 5.33. The summed E-state index contributed by atoms with van der Waals surface area (Å²) >= 11 is 0. The van der Waals surface area contributed by atoms with Gasteiger partial charge >= 0.3 is 0 Å². The van der Waals surface area contributed by atoms with Crippen LogP contribution in [-0.4, -0.2) is 31.0 Å². The maximum Gasteiger partial charge on any atom is 0.0859 e. The molecule has 0 aliphatic carbocycles. The van der Waals surface area contributed by atoms with Crippen LogP contribution >= 0.6 is 0 Å². The highest BCUT2D eigenvalue weighted by Crippen LogP contribution is 2.11. The molecule has 0 radical (unpaired) electrons. The summed E-state index contributed by atoms with van der Waals surface area (Å²) in [6, 6.07) is 0. The third-order valence-corrected chi connectivity index (χ3v) is 2.83. The molecule has 0 aromatic rings. The van der Waals surface area contributed by atoms with Gasteiger partial charge in [-0.1, -0.05) is 38.7 Å². The average molecular weight is 290 g/mol. The van der Waals surface area contributed by atoms with Crippen molar-refractivity contribution >= 4 is 6.21 Å². The minimum Gasteiger partial charge on any atom is -0.326 e.